The van der Waals surface area contributed by atoms with Gasteiger partial charge in [0.25, 0.3) is 0 Å². The molecule has 0 aliphatic carbocycles. The van der Waals surface area contributed by atoms with Gasteiger partial charge in [-0.3, -0.25) is 4.79 Å². The molecule has 0 saturated carbocycles. The topological polar surface area (TPSA) is 104 Å². The molecule has 0 aromatic carbocycles. The molecule has 1 aromatic heterocycles. The fourth-order valence-electron chi connectivity index (χ4n) is 1.04. The summed E-state index contributed by atoms with van der Waals surface area (Å²) in [4.78, 5) is 17.4. The minimum atomic E-state index is -1.01. The van der Waals surface area contributed by atoms with Gasteiger partial charge in [-0.25, -0.2) is 4.98 Å². The first-order chi connectivity index (χ1) is 6.63. The minimum Gasteiger partial charge on any atom is -0.480 e. The molecule has 0 spiro atoms. The molecule has 1 aromatic rings. The lowest BCUT2D eigenvalue weighted by atomic mass is 10.2. The van der Waals surface area contributed by atoms with Crippen molar-refractivity contribution in [2.45, 2.75) is 19.4 Å². The van der Waals surface area contributed by atoms with Crippen LogP contribution in [0.15, 0.2) is 6.20 Å². The van der Waals surface area contributed by atoms with Crippen LogP contribution in [0.25, 0.3) is 0 Å². The first-order valence-corrected chi connectivity index (χ1v) is 4.39. The fourth-order valence-corrected chi connectivity index (χ4v) is 1.04. The van der Waals surface area contributed by atoms with E-state index in [9.17, 15) is 4.79 Å². The van der Waals surface area contributed by atoms with Gasteiger partial charge in [0.1, 0.15) is 6.04 Å². The van der Waals surface area contributed by atoms with E-state index in [1.165, 1.54) is 0 Å². The molecule has 6 heteroatoms. The van der Waals surface area contributed by atoms with Crippen molar-refractivity contribution >= 4 is 11.9 Å². The van der Waals surface area contributed by atoms with Crippen molar-refractivity contribution in [1.29, 1.82) is 0 Å². The summed E-state index contributed by atoms with van der Waals surface area (Å²) in [7, 11) is 0. The van der Waals surface area contributed by atoms with Gasteiger partial charge in [0.15, 0.2) is 5.95 Å². The van der Waals surface area contributed by atoms with Gasteiger partial charge in [-0.15, -0.1) is 0 Å². The Bertz CT molecular complexity index is 310. The second-order valence-corrected chi connectivity index (χ2v) is 2.94. The fraction of sp³-hybridized carbons (Fsp3) is 0.500. The maximum Gasteiger partial charge on any atom is 0.320 e. The molecule has 0 unspecified atom stereocenters. The number of aromatic nitrogens is 2. The molecule has 0 bridgehead atoms. The Morgan fingerprint density at radius 1 is 1.86 bits per heavy atom. The highest BCUT2D eigenvalue weighted by molar-refractivity contribution is 5.73. The largest absolute Gasteiger partial charge is 0.480 e. The van der Waals surface area contributed by atoms with Gasteiger partial charge in [-0.2, -0.15) is 0 Å². The van der Waals surface area contributed by atoms with Crippen LogP contribution < -0.4 is 11.1 Å². The van der Waals surface area contributed by atoms with Crippen LogP contribution in [-0.2, 0) is 11.2 Å². The van der Waals surface area contributed by atoms with Crippen molar-refractivity contribution in [2.75, 3.05) is 11.9 Å². The number of nitrogens with one attached hydrogen (secondary N) is 2. The number of carbonyl (C=O) groups is 1. The second-order valence-electron chi connectivity index (χ2n) is 2.94. The highest BCUT2D eigenvalue weighted by atomic mass is 16.4. The first-order valence-electron chi connectivity index (χ1n) is 4.39. The van der Waals surface area contributed by atoms with Crippen molar-refractivity contribution in [3.8, 4) is 0 Å². The summed E-state index contributed by atoms with van der Waals surface area (Å²) in [6, 6.07) is -0.884. The number of imidazole rings is 1. The van der Waals surface area contributed by atoms with Gasteiger partial charge in [-0.05, 0) is 6.92 Å². The number of carboxylic acid groups (broad SMARTS) is 1. The molecule has 0 fully saturated rings. The zero-order valence-corrected chi connectivity index (χ0v) is 7.95. The van der Waals surface area contributed by atoms with Crippen molar-refractivity contribution in [1.82, 2.24) is 9.97 Å². The highest BCUT2D eigenvalue weighted by Gasteiger charge is 2.13. The third-order valence-electron chi connectivity index (χ3n) is 1.73. The molecule has 1 heterocycles. The number of hydrogen-bond acceptors (Lipinski definition) is 4. The summed E-state index contributed by atoms with van der Waals surface area (Å²) in [6.07, 6.45) is 1.84. The third kappa shape index (κ3) is 2.74. The molecule has 14 heavy (non-hydrogen) atoms. The van der Waals surface area contributed by atoms with Crippen LogP contribution in [-0.4, -0.2) is 33.6 Å². The molecule has 0 aliphatic heterocycles. The van der Waals surface area contributed by atoms with Crippen molar-refractivity contribution in [2.24, 2.45) is 5.73 Å². The maximum atomic E-state index is 10.5. The predicted octanol–water partition coefficient (Wildman–Crippen LogP) is -0.204. The lowest BCUT2D eigenvalue weighted by Gasteiger charge is -2.03. The number of H-pyrrole nitrogens is 1. The van der Waals surface area contributed by atoms with Gasteiger partial charge < -0.3 is 21.1 Å². The Morgan fingerprint density at radius 3 is 3.14 bits per heavy atom. The van der Waals surface area contributed by atoms with Crippen LogP contribution >= 0.6 is 0 Å². The van der Waals surface area contributed by atoms with E-state index in [-0.39, 0.29) is 6.42 Å². The zero-order valence-electron chi connectivity index (χ0n) is 7.95. The average Bonchev–Trinajstić information content (AvgIpc) is 2.53. The van der Waals surface area contributed by atoms with Gasteiger partial charge in [0, 0.05) is 18.7 Å². The number of nitrogens with zero attached hydrogens (tertiary/aromatic N) is 1. The third-order valence-corrected chi connectivity index (χ3v) is 1.73. The monoisotopic (exact) mass is 198 g/mol. The van der Waals surface area contributed by atoms with Crippen molar-refractivity contribution in [3.63, 3.8) is 0 Å². The average molecular weight is 198 g/mol. The molecular formula is C8H14N4O2. The number of nitrogens with two attached hydrogens (primary N) is 1. The number of rotatable bonds is 5. The summed E-state index contributed by atoms with van der Waals surface area (Å²) in [6.45, 7) is 2.71. The van der Waals surface area contributed by atoms with Gasteiger partial charge in [0.05, 0.1) is 6.20 Å². The van der Waals surface area contributed by atoms with E-state index < -0.39 is 12.0 Å². The number of anilines is 1. The Labute approximate surface area is 81.5 Å². The summed E-state index contributed by atoms with van der Waals surface area (Å²) in [5.41, 5.74) is 6.08. The molecule has 1 rings (SSSR count). The summed E-state index contributed by atoms with van der Waals surface area (Å²) in [5, 5.41) is 11.6. The van der Waals surface area contributed by atoms with Crippen LogP contribution in [0.4, 0.5) is 5.95 Å². The molecule has 5 N–H and O–H groups in total. The molecule has 0 saturated heterocycles. The SMILES string of the molecule is CCNc1ncc(C[C@H](N)C(=O)O)[nH]1. The van der Waals surface area contributed by atoms with E-state index in [2.05, 4.69) is 15.3 Å². The quantitative estimate of drug-likeness (QED) is 0.524. The predicted molar refractivity (Wildman–Crippen MR) is 52.1 cm³/mol. The van der Waals surface area contributed by atoms with Gasteiger partial charge >= 0.3 is 5.97 Å². The van der Waals surface area contributed by atoms with Crippen LogP contribution in [0.1, 0.15) is 12.6 Å². The van der Waals surface area contributed by atoms with Gasteiger partial charge in [0.2, 0.25) is 0 Å². The van der Waals surface area contributed by atoms with Crippen LogP contribution in [0.5, 0.6) is 0 Å². The van der Waals surface area contributed by atoms with E-state index in [1.807, 2.05) is 6.92 Å². The van der Waals surface area contributed by atoms with E-state index >= 15 is 0 Å². The first kappa shape index (κ1) is 10.5. The maximum absolute atomic E-state index is 10.5. The van der Waals surface area contributed by atoms with E-state index in [1.54, 1.807) is 6.20 Å². The van der Waals surface area contributed by atoms with Crippen molar-refractivity contribution < 1.29 is 9.90 Å². The Morgan fingerprint density at radius 2 is 2.57 bits per heavy atom. The van der Waals surface area contributed by atoms with Gasteiger partial charge in [-0.1, -0.05) is 0 Å². The number of hydrogen-bond donors (Lipinski definition) is 4. The normalized spacial score (nSPS) is 12.4. The lowest BCUT2D eigenvalue weighted by molar-refractivity contribution is -0.138. The molecule has 0 radical (unpaired) electrons. The Kier molecular flexibility index (Phi) is 3.47. The minimum absolute atomic E-state index is 0.258. The second kappa shape index (κ2) is 4.61. The summed E-state index contributed by atoms with van der Waals surface area (Å²) in [5.74, 6) is -0.371. The van der Waals surface area contributed by atoms with Crippen LogP contribution in [0, 0.1) is 0 Å². The van der Waals surface area contributed by atoms with Crippen LogP contribution in [0.3, 0.4) is 0 Å². The van der Waals surface area contributed by atoms with E-state index in [0.717, 1.165) is 12.2 Å². The molecule has 0 aliphatic rings. The summed E-state index contributed by atoms with van der Waals surface area (Å²) < 4.78 is 0. The molecule has 0 amide bonds. The van der Waals surface area contributed by atoms with E-state index in [0.29, 0.717) is 5.95 Å². The molecule has 6 nitrogen and oxygen atoms in total. The number of aromatic amines is 1. The molecule has 1 atom stereocenters. The Balaban J connectivity index is 2.55. The zero-order chi connectivity index (χ0) is 10.6. The summed E-state index contributed by atoms with van der Waals surface area (Å²) >= 11 is 0. The smallest absolute Gasteiger partial charge is 0.320 e. The van der Waals surface area contributed by atoms with Crippen LogP contribution in [0.2, 0.25) is 0 Å². The van der Waals surface area contributed by atoms with E-state index in [4.69, 9.17) is 10.8 Å². The molecule has 78 valence electrons. The molecular weight excluding hydrogens is 184 g/mol. The number of carboxylic acids is 1. The lowest BCUT2D eigenvalue weighted by Crippen LogP contribution is -2.32. The van der Waals surface area contributed by atoms with Crippen molar-refractivity contribution in [3.05, 3.63) is 11.9 Å². The Hall–Kier alpha value is -1.56. The number of aliphatic carboxylic acids is 1. The highest BCUT2D eigenvalue weighted by Crippen LogP contribution is 2.03. The standard InChI is InChI=1S/C8H14N4O2/c1-2-10-8-11-4-5(12-8)3-6(9)7(13)14/h4,6H,2-3,9H2,1H3,(H,13,14)(H2,10,11,12)/t6-/m0/s1.